The highest BCUT2D eigenvalue weighted by Crippen LogP contribution is 2.66. The Morgan fingerprint density at radius 3 is 2.75 bits per heavy atom. The first-order chi connectivity index (χ1) is 13.5. The van der Waals surface area contributed by atoms with E-state index >= 15 is 0 Å². The number of likely N-dealkylation sites (tertiary alicyclic amines) is 1. The van der Waals surface area contributed by atoms with Crippen molar-refractivity contribution in [1.29, 1.82) is 0 Å². The van der Waals surface area contributed by atoms with Crippen LogP contribution in [0.2, 0.25) is 0 Å². The van der Waals surface area contributed by atoms with Crippen LogP contribution in [-0.2, 0) is 4.79 Å². The third kappa shape index (κ3) is 2.70. The van der Waals surface area contributed by atoms with E-state index in [2.05, 4.69) is 23.8 Å². The number of carbonyl (C=O) groups is 2. The number of hydrogen-bond acceptors (Lipinski definition) is 4. The number of ether oxygens (including phenoxy) is 1. The van der Waals surface area contributed by atoms with Crippen molar-refractivity contribution < 1.29 is 14.3 Å². The minimum absolute atomic E-state index is 0.0476. The highest BCUT2D eigenvalue weighted by Gasteiger charge is 2.71. The van der Waals surface area contributed by atoms with Gasteiger partial charge in [-0.3, -0.25) is 9.59 Å². The molecule has 1 aromatic rings. The fourth-order valence-electron chi connectivity index (χ4n) is 6.19. The van der Waals surface area contributed by atoms with Crippen molar-refractivity contribution in [2.75, 3.05) is 26.7 Å². The molecule has 5 rings (SSSR count). The molecule has 3 fully saturated rings. The summed E-state index contributed by atoms with van der Waals surface area (Å²) in [6.07, 6.45) is 4.45. The van der Waals surface area contributed by atoms with E-state index in [0.29, 0.717) is 35.6 Å². The Bertz CT molecular complexity index is 801. The lowest BCUT2D eigenvalue weighted by molar-refractivity contribution is -0.137. The summed E-state index contributed by atoms with van der Waals surface area (Å²) in [4.78, 5) is 30.7. The van der Waals surface area contributed by atoms with Gasteiger partial charge in [-0.15, -0.1) is 0 Å². The van der Waals surface area contributed by atoms with Gasteiger partial charge in [0.2, 0.25) is 5.91 Å². The van der Waals surface area contributed by atoms with E-state index in [0.717, 1.165) is 45.3 Å². The average Bonchev–Trinajstić information content (AvgIpc) is 3.34. The van der Waals surface area contributed by atoms with E-state index in [-0.39, 0.29) is 17.6 Å². The normalized spacial score (nSPS) is 34.6. The highest BCUT2D eigenvalue weighted by atomic mass is 16.5. The second-order valence-electron chi connectivity index (χ2n) is 9.18. The van der Waals surface area contributed by atoms with Crippen LogP contribution in [0.1, 0.15) is 49.4 Å². The van der Waals surface area contributed by atoms with Crippen LogP contribution in [-0.4, -0.2) is 59.8 Å². The molecule has 1 amide bonds. The van der Waals surface area contributed by atoms with Crippen LogP contribution in [0.5, 0.6) is 5.75 Å². The molecule has 1 spiro atoms. The molecule has 2 aliphatic carbocycles. The lowest BCUT2D eigenvalue weighted by atomic mass is 9.84. The van der Waals surface area contributed by atoms with Gasteiger partial charge in [0.1, 0.15) is 11.4 Å². The van der Waals surface area contributed by atoms with E-state index in [1.54, 1.807) is 0 Å². The van der Waals surface area contributed by atoms with Gasteiger partial charge < -0.3 is 14.5 Å². The van der Waals surface area contributed by atoms with Crippen LogP contribution in [0.4, 0.5) is 0 Å². The number of carbonyl (C=O) groups excluding carboxylic acids is 2. The van der Waals surface area contributed by atoms with Gasteiger partial charge in [-0.25, -0.2) is 0 Å². The molecule has 0 unspecified atom stereocenters. The van der Waals surface area contributed by atoms with Gasteiger partial charge in [-0.1, -0.05) is 12.1 Å². The van der Waals surface area contributed by atoms with Gasteiger partial charge in [-0.05, 0) is 70.8 Å². The van der Waals surface area contributed by atoms with E-state index in [9.17, 15) is 9.59 Å². The van der Waals surface area contributed by atoms with Gasteiger partial charge in [0.25, 0.3) is 0 Å². The second kappa shape index (κ2) is 6.58. The summed E-state index contributed by atoms with van der Waals surface area (Å²) in [5, 5.41) is 0. The van der Waals surface area contributed by atoms with Gasteiger partial charge in [0.15, 0.2) is 5.78 Å². The van der Waals surface area contributed by atoms with E-state index in [1.165, 1.54) is 0 Å². The molecular formula is C23H30N2O3. The number of piperidine rings is 1. The van der Waals surface area contributed by atoms with Crippen molar-refractivity contribution in [3.05, 3.63) is 29.8 Å². The topological polar surface area (TPSA) is 49.9 Å². The first-order valence-electron chi connectivity index (χ1n) is 10.8. The maximum absolute atomic E-state index is 13.5. The molecule has 150 valence electrons. The number of amides is 1. The van der Waals surface area contributed by atoms with Crippen molar-refractivity contribution in [1.82, 2.24) is 9.80 Å². The molecule has 2 heterocycles. The number of nitrogens with zero attached hydrogens (tertiary/aromatic N) is 2. The SMILES string of the molecule is CCN(C(=O)[C@@H]1[C@H]2CC[C@@]3(CC(=O)c4ccccc4O3)[C@@H]21)C1CCN(C)CC1. The maximum Gasteiger partial charge on any atom is 0.226 e. The summed E-state index contributed by atoms with van der Waals surface area (Å²) in [6.45, 7) is 4.99. The molecule has 0 radical (unpaired) electrons. The van der Waals surface area contributed by atoms with Crippen LogP contribution >= 0.6 is 0 Å². The van der Waals surface area contributed by atoms with E-state index in [1.807, 2.05) is 24.3 Å². The van der Waals surface area contributed by atoms with E-state index < -0.39 is 5.60 Å². The van der Waals surface area contributed by atoms with Crippen molar-refractivity contribution in [3.8, 4) is 5.75 Å². The third-order valence-corrected chi connectivity index (χ3v) is 7.68. The molecule has 4 atom stereocenters. The molecule has 1 saturated heterocycles. The Kier molecular flexibility index (Phi) is 4.27. The summed E-state index contributed by atoms with van der Waals surface area (Å²) in [6, 6.07) is 7.93. The van der Waals surface area contributed by atoms with Crippen LogP contribution in [0.25, 0.3) is 0 Å². The zero-order valence-electron chi connectivity index (χ0n) is 16.9. The quantitative estimate of drug-likeness (QED) is 0.806. The molecule has 5 nitrogen and oxygen atoms in total. The monoisotopic (exact) mass is 382 g/mol. The molecule has 0 N–H and O–H groups in total. The fraction of sp³-hybridized carbons (Fsp3) is 0.652. The number of Topliss-reactive ketones (excluding diaryl/α,β-unsaturated/α-hetero) is 1. The molecule has 5 heteroatoms. The third-order valence-electron chi connectivity index (χ3n) is 7.68. The number of hydrogen-bond donors (Lipinski definition) is 0. The zero-order chi connectivity index (χ0) is 19.5. The zero-order valence-corrected chi connectivity index (χ0v) is 16.9. The average molecular weight is 383 g/mol. The van der Waals surface area contributed by atoms with Gasteiger partial charge >= 0.3 is 0 Å². The van der Waals surface area contributed by atoms with Crippen molar-refractivity contribution in [3.63, 3.8) is 0 Å². The molecule has 28 heavy (non-hydrogen) atoms. The van der Waals surface area contributed by atoms with Gasteiger partial charge in [-0.2, -0.15) is 0 Å². The minimum Gasteiger partial charge on any atom is -0.486 e. The lowest BCUT2D eigenvalue weighted by Crippen LogP contribution is -2.49. The predicted molar refractivity (Wildman–Crippen MR) is 106 cm³/mol. The smallest absolute Gasteiger partial charge is 0.226 e. The largest absolute Gasteiger partial charge is 0.486 e. The number of rotatable bonds is 3. The number of fused-ring (bicyclic) bond motifs is 3. The second-order valence-corrected chi connectivity index (χ2v) is 9.18. The summed E-state index contributed by atoms with van der Waals surface area (Å²) < 4.78 is 6.46. The summed E-state index contributed by atoms with van der Waals surface area (Å²) >= 11 is 0. The van der Waals surface area contributed by atoms with Gasteiger partial charge in [0.05, 0.1) is 12.0 Å². The van der Waals surface area contributed by atoms with Crippen LogP contribution in [0.15, 0.2) is 24.3 Å². The molecule has 4 aliphatic rings. The van der Waals surface area contributed by atoms with Gasteiger partial charge in [0, 0.05) is 24.4 Å². The van der Waals surface area contributed by atoms with Crippen LogP contribution in [0.3, 0.4) is 0 Å². The summed E-state index contributed by atoms with van der Waals surface area (Å²) in [7, 11) is 2.15. The first-order valence-corrected chi connectivity index (χ1v) is 10.8. The maximum atomic E-state index is 13.5. The molecule has 1 aromatic carbocycles. The molecule has 2 aliphatic heterocycles. The Morgan fingerprint density at radius 2 is 2.00 bits per heavy atom. The van der Waals surface area contributed by atoms with E-state index in [4.69, 9.17) is 4.74 Å². The summed E-state index contributed by atoms with van der Waals surface area (Å²) in [5.74, 6) is 1.83. The molecular weight excluding hydrogens is 352 g/mol. The fourth-order valence-corrected chi connectivity index (χ4v) is 6.19. The van der Waals surface area contributed by atoms with Crippen molar-refractivity contribution in [2.24, 2.45) is 17.8 Å². The molecule has 0 bridgehead atoms. The Hall–Kier alpha value is -1.88. The molecule has 2 saturated carbocycles. The standard InChI is InChI=1S/C23H30N2O3/c1-3-25(15-9-12-24(2)13-10-15)22(27)20-17-8-11-23(21(17)20)14-18(26)16-6-4-5-7-19(16)28-23/h4-7,15,17,20-21H,3,8-14H2,1-2H3/t17-,20-,21+,23-/m1/s1. The Balaban J connectivity index is 1.34. The molecule has 0 aromatic heterocycles. The number of para-hydroxylation sites is 1. The lowest BCUT2D eigenvalue weighted by Gasteiger charge is -2.39. The summed E-state index contributed by atoms with van der Waals surface area (Å²) in [5.41, 5.74) is 0.240. The number of benzene rings is 1. The van der Waals surface area contributed by atoms with Crippen LogP contribution < -0.4 is 4.74 Å². The number of ketones is 1. The van der Waals surface area contributed by atoms with Crippen LogP contribution in [0, 0.1) is 17.8 Å². The Labute approximate surface area is 167 Å². The Morgan fingerprint density at radius 1 is 1.25 bits per heavy atom. The minimum atomic E-state index is -0.456. The highest BCUT2D eigenvalue weighted by molar-refractivity contribution is 6.00. The van der Waals surface area contributed by atoms with Crippen molar-refractivity contribution >= 4 is 11.7 Å². The first kappa shape index (κ1) is 18.2. The predicted octanol–water partition coefficient (Wildman–Crippen LogP) is 2.99. The van der Waals surface area contributed by atoms with Crippen molar-refractivity contribution in [2.45, 2.75) is 50.7 Å².